The molecular weight excluding hydrogens is 424 g/mol. The summed E-state index contributed by atoms with van der Waals surface area (Å²) < 4.78 is 7.28. The highest BCUT2D eigenvalue weighted by Crippen LogP contribution is 2.29. The molecular formula is C24H39ClN6O. The van der Waals surface area contributed by atoms with Crippen LogP contribution in [-0.2, 0) is 6.54 Å². The van der Waals surface area contributed by atoms with Gasteiger partial charge in [0.2, 0.25) is 0 Å². The van der Waals surface area contributed by atoms with Crippen LogP contribution in [0.25, 0.3) is 0 Å². The van der Waals surface area contributed by atoms with Gasteiger partial charge in [-0.05, 0) is 47.4 Å². The largest absolute Gasteiger partial charge is 0.497 e. The normalized spacial score (nSPS) is 19.4. The van der Waals surface area contributed by atoms with E-state index >= 15 is 0 Å². The number of hydrogen-bond donors (Lipinski definition) is 0. The number of benzene rings is 1. The summed E-state index contributed by atoms with van der Waals surface area (Å²) in [7, 11) is 1.70. The summed E-state index contributed by atoms with van der Waals surface area (Å²) in [5.41, 5.74) is 1.19. The Bertz CT molecular complexity index is 784. The van der Waals surface area contributed by atoms with Crippen LogP contribution in [0.5, 0.6) is 5.75 Å². The molecule has 2 aromatic rings. The van der Waals surface area contributed by atoms with Crippen LogP contribution in [0, 0.1) is 0 Å². The molecule has 1 aliphatic heterocycles. The number of nitrogens with zero attached hydrogens (tertiary/aromatic N) is 6. The third kappa shape index (κ3) is 6.21. The SMILES string of the molecule is CCCCC(c1nnnn1Cc1ccc(OC)cc1)N1CCN(C2CCCCC2)CC1.Cl. The topological polar surface area (TPSA) is 59.3 Å². The van der Waals surface area contributed by atoms with Crippen LogP contribution in [0.15, 0.2) is 24.3 Å². The summed E-state index contributed by atoms with van der Waals surface area (Å²) >= 11 is 0. The lowest BCUT2D eigenvalue weighted by atomic mass is 9.93. The van der Waals surface area contributed by atoms with E-state index in [1.54, 1.807) is 7.11 Å². The highest BCUT2D eigenvalue weighted by atomic mass is 35.5. The first-order valence-electron chi connectivity index (χ1n) is 12.2. The van der Waals surface area contributed by atoms with Crippen LogP contribution in [0.3, 0.4) is 0 Å². The molecule has 0 bridgehead atoms. The van der Waals surface area contributed by atoms with Crippen LogP contribution in [0.2, 0.25) is 0 Å². The quantitative estimate of drug-likeness (QED) is 0.552. The Balaban J connectivity index is 0.00000289. The minimum Gasteiger partial charge on any atom is -0.497 e. The summed E-state index contributed by atoms with van der Waals surface area (Å²) in [5.74, 6) is 1.88. The van der Waals surface area contributed by atoms with Crippen molar-refractivity contribution in [1.29, 1.82) is 0 Å². The van der Waals surface area contributed by atoms with Crippen LogP contribution < -0.4 is 4.74 Å². The summed E-state index contributed by atoms with van der Waals surface area (Å²) in [5, 5.41) is 12.9. The van der Waals surface area contributed by atoms with Gasteiger partial charge in [-0.2, -0.15) is 0 Å². The van der Waals surface area contributed by atoms with Crippen molar-refractivity contribution in [1.82, 2.24) is 30.0 Å². The van der Waals surface area contributed by atoms with Gasteiger partial charge in [0.15, 0.2) is 5.82 Å². The molecule has 1 aromatic carbocycles. The number of aromatic nitrogens is 4. The van der Waals surface area contributed by atoms with Gasteiger partial charge in [-0.1, -0.05) is 51.2 Å². The lowest BCUT2D eigenvalue weighted by Gasteiger charge is -2.43. The molecule has 1 saturated carbocycles. The van der Waals surface area contributed by atoms with Gasteiger partial charge in [0.25, 0.3) is 0 Å². The van der Waals surface area contributed by atoms with E-state index in [0.717, 1.165) is 37.1 Å². The second-order valence-corrected chi connectivity index (χ2v) is 9.06. The lowest BCUT2D eigenvalue weighted by molar-refractivity contribution is 0.0497. The predicted molar refractivity (Wildman–Crippen MR) is 129 cm³/mol. The van der Waals surface area contributed by atoms with E-state index in [1.807, 2.05) is 16.8 Å². The molecule has 2 heterocycles. The minimum atomic E-state index is 0. The average molecular weight is 463 g/mol. The molecule has 2 aliphatic rings. The number of methoxy groups -OCH3 is 1. The van der Waals surface area contributed by atoms with Gasteiger partial charge in [-0.15, -0.1) is 17.5 Å². The van der Waals surface area contributed by atoms with Crippen molar-refractivity contribution in [3.8, 4) is 5.75 Å². The first-order chi connectivity index (χ1) is 15.3. The summed E-state index contributed by atoms with van der Waals surface area (Å²) in [6.45, 7) is 7.52. The Morgan fingerprint density at radius 3 is 2.41 bits per heavy atom. The highest BCUT2D eigenvalue weighted by molar-refractivity contribution is 5.85. The van der Waals surface area contributed by atoms with Crippen molar-refractivity contribution in [2.24, 2.45) is 0 Å². The fourth-order valence-electron chi connectivity index (χ4n) is 5.20. The first-order valence-corrected chi connectivity index (χ1v) is 12.2. The van der Waals surface area contributed by atoms with E-state index < -0.39 is 0 Å². The zero-order valence-corrected chi connectivity index (χ0v) is 20.5. The molecule has 7 nitrogen and oxygen atoms in total. The number of tetrazole rings is 1. The molecule has 1 unspecified atom stereocenters. The minimum absolute atomic E-state index is 0. The van der Waals surface area contributed by atoms with Gasteiger partial charge >= 0.3 is 0 Å². The fourth-order valence-corrected chi connectivity index (χ4v) is 5.20. The molecule has 4 rings (SSSR count). The van der Waals surface area contributed by atoms with Crippen molar-refractivity contribution < 1.29 is 4.74 Å². The summed E-state index contributed by atoms with van der Waals surface area (Å²) in [4.78, 5) is 5.37. The number of halogens is 1. The third-order valence-corrected chi connectivity index (χ3v) is 7.06. The van der Waals surface area contributed by atoms with Crippen LogP contribution in [-0.4, -0.2) is 69.3 Å². The fraction of sp³-hybridized carbons (Fsp3) is 0.708. The molecule has 0 spiro atoms. The number of ether oxygens (including phenoxy) is 1. The molecule has 2 fully saturated rings. The van der Waals surface area contributed by atoms with E-state index in [9.17, 15) is 0 Å². The Kier molecular flexibility index (Phi) is 9.75. The van der Waals surface area contributed by atoms with Crippen molar-refractivity contribution in [3.05, 3.63) is 35.7 Å². The van der Waals surface area contributed by atoms with E-state index in [-0.39, 0.29) is 12.4 Å². The summed E-state index contributed by atoms with van der Waals surface area (Å²) in [6, 6.07) is 9.28. The molecule has 0 radical (unpaired) electrons. The zero-order chi connectivity index (χ0) is 21.5. The van der Waals surface area contributed by atoms with E-state index in [2.05, 4.69) is 44.4 Å². The molecule has 1 atom stereocenters. The van der Waals surface area contributed by atoms with Gasteiger partial charge < -0.3 is 4.74 Å². The highest BCUT2D eigenvalue weighted by Gasteiger charge is 2.31. The van der Waals surface area contributed by atoms with Crippen molar-refractivity contribution in [2.45, 2.75) is 76.9 Å². The molecule has 0 amide bonds. The van der Waals surface area contributed by atoms with Gasteiger partial charge in [0.1, 0.15) is 5.75 Å². The molecule has 32 heavy (non-hydrogen) atoms. The van der Waals surface area contributed by atoms with Crippen molar-refractivity contribution >= 4 is 12.4 Å². The molecule has 8 heteroatoms. The third-order valence-electron chi connectivity index (χ3n) is 7.06. The van der Waals surface area contributed by atoms with Crippen molar-refractivity contribution in [3.63, 3.8) is 0 Å². The van der Waals surface area contributed by atoms with E-state index in [0.29, 0.717) is 12.6 Å². The Hall–Kier alpha value is -1.70. The Labute approximate surface area is 198 Å². The number of hydrogen-bond acceptors (Lipinski definition) is 6. The first kappa shape index (κ1) is 24.9. The number of unbranched alkanes of at least 4 members (excludes halogenated alkanes) is 1. The number of piperazine rings is 1. The van der Waals surface area contributed by atoms with Crippen LogP contribution in [0.4, 0.5) is 0 Å². The Morgan fingerprint density at radius 1 is 1.03 bits per heavy atom. The second-order valence-electron chi connectivity index (χ2n) is 9.06. The van der Waals surface area contributed by atoms with Crippen LogP contribution >= 0.6 is 12.4 Å². The lowest BCUT2D eigenvalue weighted by Crippen LogP contribution is -2.51. The molecule has 0 N–H and O–H groups in total. The van der Waals surface area contributed by atoms with Gasteiger partial charge in [-0.3, -0.25) is 9.80 Å². The maximum Gasteiger partial charge on any atom is 0.168 e. The van der Waals surface area contributed by atoms with Gasteiger partial charge in [0, 0.05) is 32.2 Å². The van der Waals surface area contributed by atoms with E-state index in [1.165, 1.54) is 63.6 Å². The predicted octanol–water partition coefficient (Wildman–Crippen LogP) is 4.33. The zero-order valence-electron chi connectivity index (χ0n) is 19.7. The average Bonchev–Trinajstić information content (AvgIpc) is 3.28. The smallest absolute Gasteiger partial charge is 0.168 e. The maximum absolute atomic E-state index is 5.28. The van der Waals surface area contributed by atoms with Crippen molar-refractivity contribution in [2.75, 3.05) is 33.3 Å². The monoisotopic (exact) mass is 462 g/mol. The second kappa shape index (κ2) is 12.5. The molecule has 1 saturated heterocycles. The summed E-state index contributed by atoms with van der Waals surface area (Å²) in [6.07, 6.45) is 10.5. The van der Waals surface area contributed by atoms with Gasteiger partial charge in [-0.25, -0.2) is 4.68 Å². The Morgan fingerprint density at radius 2 is 1.75 bits per heavy atom. The maximum atomic E-state index is 5.28. The molecule has 178 valence electrons. The van der Waals surface area contributed by atoms with Crippen LogP contribution in [0.1, 0.15) is 75.7 Å². The molecule has 1 aliphatic carbocycles. The van der Waals surface area contributed by atoms with E-state index in [4.69, 9.17) is 4.74 Å². The standard InChI is InChI=1S/C24H38N6O.ClH/c1-3-4-10-23(29-17-15-28(16-18-29)21-8-6-5-7-9-21)24-25-26-27-30(24)19-20-11-13-22(31-2)14-12-20;/h11-14,21,23H,3-10,15-19H2,1-2H3;1H. The molecule has 1 aromatic heterocycles. The number of rotatable bonds is 9. The van der Waals surface area contributed by atoms with Gasteiger partial charge in [0.05, 0.1) is 19.7 Å².